The summed E-state index contributed by atoms with van der Waals surface area (Å²) in [5.41, 5.74) is 0. The minimum atomic E-state index is -1.57. The van der Waals surface area contributed by atoms with Crippen molar-refractivity contribution in [3.63, 3.8) is 0 Å². The predicted molar refractivity (Wildman–Crippen MR) is 310 cm³/mol. The number of aliphatic hydroxyl groups is 5. The van der Waals surface area contributed by atoms with E-state index >= 15 is 0 Å². The van der Waals surface area contributed by atoms with Crippen LogP contribution in [-0.2, 0) is 23.8 Å². The molecule has 1 aliphatic heterocycles. The molecule has 0 aliphatic carbocycles. The molecule has 0 aromatic carbocycles. The summed E-state index contributed by atoms with van der Waals surface area (Å²) in [6.45, 7) is 4.26. The molecule has 1 fully saturated rings. The van der Waals surface area contributed by atoms with Crippen LogP contribution < -0.4 is 5.32 Å². The molecule has 1 amide bonds. The smallest absolute Gasteiger partial charge is 0.305 e. The van der Waals surface area contributed by atoms with Crippen LogP contribution in [-0.4, -0.2) is 100 Å². The van der Waals surface area contributed by atoms with E-state index < -0.39 is 49.5 Å². The summed E-state index contributed by atoms with van der Waals surface area (Å²) in [4.78, 5) is 25.0. The maximum atomic E-state index is 13.0. The molecule has 75 heavy (non-hydrogen) atoms. The van der Waals surface area contributed by atoms with Crippen LogP contribution in [0.3, 0.4) is 0 Å². The standard InChI is InChI=1S/C64H115NO10/c1-3-5-7-9-11-13-14-15-25-29-32-36-40-44-48-52-60(69)73-53-49-45-41-37-33-30-27-24-22-20-18-16-17-19-21-23-26-28-31-35-39-43-47-51-59(68)65-56(57(67)50-46-42-38-34-12-10-8-6-4-2)55-74-64-63(72)62(71)61(70)58(54-66)75-64/h11,13,15-16,18-19,21,25,46,50,56-58,61-64,66-67,70-72H,3-10,12,14,17,20,22-24,26-45,47-49,51-55H2,1-2H3,(H,65,68)/b13-11-,18-16-,21-19-,25-15-,50-46+. The molecule has 1 heterocycles. The maximum Gasteiger partial charge on any atom is 0.305 e. The van der Waals surface area contributed by atoms with Gasteiger partial charge in [-0.3, -0.25) is 9.59 Å². The number of hydrogen-bond acceptors (Lipinski definition) is 10. The fourth-order valence-corrected chi connectivity index (χ4v) is 9.38. The SMILES string of the molecule is CCCCC/C=C\C/C=C\CCCCCCCC(=O)OCCCCCCCCCCC/C=C\C/C=C\CCCCCCCCCC(=O)NC(COC1OC(CO)C(O)C(O)C1O)C(O)/C=C/CCCCCCCCC. The van der Waals surface area contributed by atoms with E-state index in [0.717, 1.165) is 103 Å². The second-order valence-corrected chi connectivity index (χ2v) is 21.4. The molecule has 6 N–H and O–H groups in total. The number of hydrogen-bond donors (Lipinski definition) is 6. The summed E-state index contributed by atoms with van der Waals surface area (Å²) in [7, 11) is 0. The number of nitrogens with one attached hydrogen (secondary N) is 1. The lowest BCUT2D eigenvalue weighted by molar-refractivity contribution is -0.302. The number of aliphatic hydroxyl groups excluding tert-OH is 5. The van der Waals surface area contributed by atoms with Gasteiger partial charge in [0.05, 0.1) is 32.0 Å². The van der Waals surface area contributed by atoms with Gasteiger partial charge >= 0.3 is 5.97 Å². The Morgan fingerprint density at radius 3 is 1.37 bits per heavy atom. The van der Waals surface area contributed by atoms with E-state index in [4.69, 9.17) is 14.2 Å². The van der Waals surface area contributed by atoms with E-state index in [1.165, 1.54) is 141 Å². The van der Waals surface area contributed by atoms with E-state index in [-0.39, 0.29) is 18.5 Å². The maximum absolute atomic E-state index is 13.0. The Morgan fingerprint density at radius 2 is 0.893 bits per heavy atom. The number of unbranched alkanes of at least 4 members (excludes halogenated alkanes) is 31. The van der Waals surface area contributed by atoms with E-state index in [1.807, 2.05) is 6.08 Å². The van der Waals surface area contributed by atoms with Crippen LogP contribution in [0.1, 0.15) is 271 Å². The molecule has 0 bridgehead atoms. The monoisotopic (exact) mass is 1060 g/mol. The third kappa shape index (κ3) is 43.0. The van der Waals surface area contributed by atoms with E-state index in [1.54, 1.807) is 6.08 Å². The molecule has 11 heteroatoms. The van der Waals surface area contributed by atoms with E-state index in [2.05, 4.69) is 67.8 Å². The molecule has 0 aromatic rings. The Morgan fingerprint density at radius 1 is 0.493 bits per heavy atom. The summed E-state index contributed by atoms with van der Waals surface area (Å²) in [6, 6.07) is -0.817. The zero-order valence-corrected chi connectivity index (χ0v) is 48.0. The van der Waals surface area contributed by atoms with Crippen molar-refractivity contribution in [2.45, 2.75) is 314 Å². The first-order valence-corrected chi connectivity index (χ1v) is 31.1. The molecule has 1 saturated heterocycles. The van der Waals surface area contributed by atoms with Crippen LogP contribution in [0.25, 0.3) is 0 Å². The molecule has 0 aromatic heterocycles. The van der Waals surface area contributed by atoms with Crippen molar-refractivity contribution in [1.29, 1.82) is 0 Å². The molecule has 0 saturated carbocycles. The molecule has 7 atom stereocenters. The molecule has 11 nitrogen and oxygen atoms in total. The van der Waals surface area contributed by atoms with Gasteiger partial charge in [0.25, 0.3) is 0 Å². The highest BCUT2D eigenvalue weighted by Gasteiger charge is 2.44. The molecule has 1 rings (SSSR count). The van der Waals surface area contributed by atoms with E-state index in [9.17, 15) is 35.1 Å². The Balaban J connectivity index is 2.02. The van der Waals surface area contributed by atoms with Crippen LogP contribution in [0.4, 0.5) is 0 Å². The van der Waals surface area contributed by atoms with Crippen molar-refractivity contribution >= 4 is 11.9 Å². The van der Waals surface area contributed by atoms with Gasteiger partial charge in [0.1, 0.15) is 24.4 Å². The second kappa shape index (κ2) is 53.4. The Labute approximate surface area is 458 Å². The lowest BCUT2D eigenvalue weighted by atomic mass is 9.99. The summed E-state index contributed by atoms with van der Waals surface area (Å²) in [5, 5.41) is 54.2. The third-order valence-electron chi connectivity index (χ3n) is 14.3. The number of ether oxygens (including phenoxy) is 3. The van der Waals surface area contributed by atoms with Crippen molar-refractivity contribution in [3.05, 3.63) is 60.8 Å². The number of allylic oxidation sites excluding steroid dienone is 9. The van der Waals surface area contributed by atoms with Crippen LogP contribution >= 0.6 is 0 Å². The number of carbonyl (C=O) groups excluding carboxylic acids is 2. The predicted octanol–water partition coefficient (Wildman–Crippen LogP) is 14.6. The van der Waals surface area contributed by atoms with Crippen LogP contribution in [0, 0.1) is 0 Å². The fraction of sp³-hybridized carbons (Fsp3) is 0.812. The zero-order valence-electron chi connectivity index (χ0n) is 48.0. The minimum Gasteiger partial charge on any atom is -0.466 e. The summed E-state index contributed by atoms with van der Waals surface area (Å²) in [6.07, 6.45) is 59.0. The molecular weight excluding hydrogens is 943 g/mol. The van der Waals surface area contributed by atoms with Gasteiger partial charge in [-0.25, -0.2) is 0 Å². The van der Waals surface area contributed by atoms with Crippen molar-refractivity contribution in [1.82, 2.24) is 5.32 Å². The lowest BCUT2D eigenvalue weighted by Gasteiger charge is -2.40. The molecule has 0 spiro atoms. The summed E-state index contributed by atoms with van der Waals surface area (Å²) >= 11 is 0. The average Bonchev–Trinajstić information content (AvgIpc) is 3.41. The largest absolute Gasteiger partial charge is 0.466 e. The van der Waals surface area contributed by atoms with Crippen molar-refractivity contribution in [2.75, 3.05) is 19.8 Å². The highest BCUT2D eigenvalue weighted by atomic mass is 16.7. The Kier molecular flexibility index (Phi) is 50.1. The molecular formula is C64H115NO10. The third-order valence-corrected chi connectivity index (χ3v) is 14.3. The van der Waals surface area contributed by atoms with Gasteiger partial charge in [0.15, 0.2) is 6.29 Å². The Bertz CT molecular complexity index is 1430. The highest BCUT2D eigenvalue weighted by Crippen LogP contribution is 2.23. The topological polar surface area (TPSA) is 175 Å². The van der Waals surface area contributed by atoms with Gasteiger partial charge in [-0.15, -0.1) is 0 Å². The first kappa shape index (κ1) is 70.4. The normalized spacial score (nSPS) is 19.2. The van der Waals surface area contributed by atoms with Crippen LogP contribution in [0.15, 0.2) is 60.8 Å². The van der Waals surface area contributed by atoms with Gasteiger partial charge in [-0.1, -0.05) is 222 Å². The van der Waals surface area contributed by atoms with Crippen molar-refractivity contribution in [3.8, 4) is 0 Å². The van der Waals surface area contributed by atoms with Crippen molar-refractivity contribution < 1.29 is 49.3 Å². The molecule has 1 aliphatic rings. The molecule has 7 unspecified atom stereocenters. The second-order valence-electron chi connectivity index (χ2n) is 21.4. The first-order chi connectivity index (χ1) is 36.7. The van der Waals surface area contributed by atoms with Crippen molar-refractivity contribution in [2.24, 2.45) is 0 Å². The fourth-order valence-electron chi connectivity index (χ4n) is 9.38. The zero-order chi connectivity index (χ0) is 54.5. The number of esters is 1. The average molecular weight is 1060 g/mol. The quantitative estimate of drug-likeness (QED) is 0.0195. The van der Waals surface area contributed by atoms with Gasteiger partial charge in [-0.2, -0.15) is 0 Å². The highest BCUT2D eigenvalue weighted by molar-refractivity contribution is 5.76. The minimum absolute atomic E-state index is 0.0195. The first-order valence-electron chi connectivity index (χ1n) is 31.1. The van der Waals surface area contributed by atoms with Gasteiger partial charge in [-0.05, 0) is 96.3 Å². The summed E-state index contributed by atoms with van der Waals surface area (Å²) < 4.78 is 16.7. The molecule has 0 radical (unpaired) electrons. The number of carbonyl (C=O) groups is 2. The lowest BCUT2D eigenvalue weighted by Crippen LogP contribution is -2.60. The number of rotatable bonds is 53. The van der Waals surface area contributed by atoms with Gasteiger partial charge in [0, 0.05) is 12.8 Å². The van der Waals surface area contributed by atoms with Gasteiger partial charge in [0.2, 0.25) is 5.91 Å². The molecule has 436 valence electrons. The van der Waals surface area contributed by atoms with Gasteiger partial charge < -0.3 is 45.1 Å². The Hall–Kier alpha value is -2.64. The summed E-state index contributed by atoms with van der Waals surface area (Å²) in [5.74, 6) is -0.215. The van der Waals surface area contributed by atoms with Crippen LogP contribution in [0.5, 0.6) is 0 Å². The van der Waals surface area contributed by atoms with Crippen LogP contribution in [0.2, 0.25) is 0 Å². The number of amides is 1. The van der Waals surface area contributed by atoms with E-state index in [0.29, 0.717) is 19.4 Å².